The third kappa shape index (κ3) is 4.98. The first kappa shape index (κ1) is 23.4. The first-order valence-corrected chi connectivity index (χ1v) is 10.3. The van der Waals surface area contributed by atoms with Crippen molar-refractivity contribution in [3.05, 3.63) is 52.8 Å². The van der Waals surface area contributed by atoms with Gasteiger partial charge in [0.1, 0.15) is 11.3 Å². The van der Waals surface area contributed by atoms with Crippen molar-refractivity contribution in [2.45, 2.75) is 39.3 Å². The molecule has 3 rings (SSSR count). The molecule has 1 heterocycles. The van der Waals surface area contributed by atoms with Crippen molar-refractivity contribution in [1.82, 2.24) is 5.16 Å². The van der Waals surface area contributed by atoms with Crippen LogP contribution >= 0.6 is 0 Å². The van der Waals surface area contributed by atoms with Crippen LogP contribution in [0.5, 0.6) is 5.75 Å². The molecule has 1 aromatic heterocycles. The van der Waals surface area contributed by atoms with Gasteiger partial charge in [-0.3, -0.25) is 0 Å². The summed E-state index contributed by atoms with van der Waals surface area (Å²) in [4.78, 5) is 13.1. The normalized spacial score (nSPS) is 11.7. The molecular weight excluding hydrogens is 425 g/mol. The number of benzene rings is 2. The van der Waals surface area contributed by atoms with Crippen LogP contribution in [-0.4, -0.2) is 36.4 Å². The van der Waals surface area contributed by atoms with Crippen LogP contribution < -0.4 is 9.64 Å². The van der Waals surface area contributed by atoms with Crippen LogP contribution in [-0.2, 0) is 12.6 Å². The highest BCUT2D eigenvalue weighted by atomic mass is 19.4. The first-order chi connectivity index (χ1) is 15.1. The summed E-state index contributed by atoms with van der Waals surface area (Å²) in [6, 6.07) is 7.84. The Morgan fingerprint density at radius 2 is 2.00 bits per heavy atom. The predicted molar refractivity (Wildman–Crippen MR) is 115 cm³/mol. The van der Waals surface area contributed by atoms with Gasteiger partial charge in [-0.05, 0) is 55.7 Å². The molecule has 0 aliphatic carbocycles. The zero-order valence-corrected chi connectivity index (χ0v) is 18.1. The first-order valence-electron chi connectivity index (χ1n) is 10.3. The van der Waals surface area contributed by atoms with Crippen LogP contribution in [0.2, 0.25) is 0 Å². The number of carbonyl (C=O) groups is 1. The molecule has 0 saturated carbocycles. The summed E-state index contributed by atoms with van der Waals surface area (Å²) in [5.74, 6) is -1.56. The number of aromatic carboxylic acids is 1. The number of alkyl halides is 3. The zero-order valence-electron chi connectivity index (χ0n) is 18.1. The number of anilines is 1. The molecule has 172 valence electrons. The fourth-order valence-corrected chi connectivity index (χ4v) is 3.70. The van der Waals surface area contributed by atoms with Crippen molar-refractivity contribution in [2.75, 3.05) is 25.1 Å². The highest BCUT2D eigenvalue weighted by Crippen LogP contribution is 2.38. The molecule has 0 saturated heterocycles. The third-order valence-electron chi connectivity index (χ3n) is 5.22. The van der Waals surface area contributed by atoms with E-state index in [0.717, 1.165) is 17.7 Å². The summed E-state index contributed by atoms with van der Waals surface area (Å²) >= 11 is 0. The minimum absolute atomic E-state index is 0.0617. The molecular formula is C23H25F3N2O4. The minimum Gasteiger partial charge on any atom is -0.493 e. The van der Waals surface area contributed by atoms with Crippen LogP contribution in [0.15, 0.2) is 34.9 Å². The van der Waals surface area contributed by atoms with Crippen LogP contribution in [0, 0.1) is 6.92 Å². The second-order valence-electron chi connectivity index (χ2n) is 7.63. The van der Waals surface area contributed by atoms with Crippen LogP contribution in [0.4, 0.5) is 18.9 Å². The van der Waals surface area contributed by atoms with Gasteiger partial charge in [-0.2, -0.15) is 13.2 Å². The maximum absolute atomic E-state index is 13.1. The number of aryl methyl sites for hydroxylation is 2. The number of nitrogens with zero attached hydrogens (tertiary/aromatic N) is 2. The molecule has 0 spiro atoms. The van der Waals surface area contributed by atoms with Gasteiger partial charge in [-0.15, -0.1) is 0 Å². The SMILES string of the molecule is CCCc1c(OCCCN(C)c2ccc(C(=O)O)cc2C)ccc2c(C(F)(F)F)onc12. The Hall–Kier alpha value is -3.23. The Morgan fingerprint density at radius 1 is 1.25 bits per heavy atom. The lowest BCUT2D eigenvalue weighted by atomic mass is 10.0. The Kier molecular flexibility index (Phi) is 6.96. The van der Waals surface area contributed by atoms with Crippen molar-refractivity contribution in [3.8, 4) is 5.75 Å². The van der Waals surface area contributed by atoms with Gasteiger partial charge in [0.05, 0.1) is 17.6 Å². The molecule has 0 bridgehead atoms. The van der Waals surface area contributed by atoms with E-state index in [0.29, 0.717) is 37.3 Å². The van der Waals surface area contributed by atoms with E-state index in [2.05, 4.69) is 9.68 Å². The molecule has 0 atom stereocenters. The van der Waals surface area contributed by atoms with Gasteiger partial charge in [0.25, 0.3) is 0 Å². The quantitative estimate of drug-likeness (QED) is 0.421. The Balaban J connectivity index is 1.67. The van der Waals surface area contributed by atoms with Gasteiger partial charge in [0.15, 0.2) is 0 Å². The van der Waals surface area contributed by atoms with E-state index in [1.54, 1.807) is 18.2 Å². The third-order valence-corrected chi connectivity index (χ3v) is 5.22. The largest absolute Gasteiger partial charge is 0.493 e. The summed E-state index contributed by atoms with van der Waals surface area (Å²) in [7, 11) is 1.91. The number of rotatable bonds is 9. The molecule has 0 radical (unpaired) electrons. The average Bonchev–Trinajstić information content (AvgIpc) is 3.17. The second kappa shape index (κ2) is 9.50. The average molecular weight is 450 g/mol. The van der Waals surface area contributed by atoms with Crippen molar-refractivity contribution >= 4 is 22.6 Å². The lowest BCUT2D eigenvalue weighted by Gasteiger charge is -2.22. The van der Waals surface area contributed by atoms with Crippen molar-refractivity contribution in [3.63, 3.8) is 0 Å². The molecule has 6 nitrogen and oxygen atoms in total. The molecule has 0 aliphatic rings. The van der Waals surface area contributed by atoms with E-state index in [1.165, 1.54) is 12.1 Å². The maximum Gasteiger partial charge on any atom is 0.453 e. The lowest BCUT2D eigenvalue weighted by molar-refractivity contribution is -0.154. The summed E-state index contributed by atoms with van der Waals surface area (Å²) in [5, 5.41) is 12.7. The van der Waals surface area contributed by atoms with Crippen LogP contribution in [0.3, 0.4) is 0 Å². The molecule has 9 heteroatoms. The number of aromatic nitrogens is 1. The van der Waals surface area contributed by atoms with E-state index in [9.17, 15) is 18.0 Å². The van der Waals surface area contributed by atoms with E-state index in [4.69, 9.17) is 9.84 Å². The summed E-state index contributed by atoms with van der Waals surface area (Å²) in [6.07, 6.45) is -2.71. The number of halogens is 3. The standard InChI is InChI=1S/C23H25F3N2O4/c1-4-6-16-19(10-8-17-20(16)27-32-21(17)23(24,25)26)31-12-5-11-28(3)18-9-7-15(22(29)30)13-14(18)2/h7-10,13H,4-6,11-12H2,1-3H3,(H,29,30). The van der Waals surface area contributed by atoms with Crippen molar-refractivity contribution < 1.29 is 32.3 Å². The molecule has 0 unspecified atom stereocenters. The predicted octanol–water partition coefficient (Wildman–Crippen LogP) is 5.71. The number of ether oxygens (including phenoxy) is 1. The fraction of sp³-hybridized carbons (Fsp3) is 0.391. The van der Waals surface area contributed by atoms with E-state index >= 15 is 0 Å². The highest BCUT2D eigenvalue weighted by Gasteiger charge is 2.38. The molecule has 0 aliphatic heterocycles. The number of carboxylic acids is 1. The number of hydrogen-bond acceptors (Lipinski definition) is 5. The molecule has 1 N–H and O–H groups in total. The second-order valence-corrected chi connectivity index (χ2v) is 7.63. The molecule has 32 heavy (non-hydrogen) atoms. The Bertz CT molecular complexity index is 1110. The number of fused-ring (bicyclic) bond motifs is 1. The van der Waals surface area contributed by atoms with Gasteiger partial charge >= 0.3 is 12.1 Å². The fourth-order valence-electron chi connectivity index (χ4n) is 3.70. The van der Waals surface area contributed by atoms with E-state index in [-0.39, 0.29) is 16.5 Å². The van der Waals surface area contributed by atoms with Gasteiger partial charge < -0.3 is 19.3 Å². The van der Waals surface area contributed by atoms with Gasteiger partial charge in [-0.1, -0.05) is 18.5 Å². The summed E-state index contributed by atoms with van der Waals surface area (Å²) in [6.45, 7) is 4.80. The lowest BCUT2D eigenvalue weighted by Crippen LogP contribution is -2.21. The maximum atomic E-state index is 13.1. The van der Waals surface area contributed by atoms with E-state index < -0.39 is 17.9 Å². The minimum atomic E-state index is -4.61. The molecule has 0 fully saturated rings. The number of hydrogen-bond donors (Lipinski definition) is 1. The van der Waals surface area contributed by atoms with Crippen LogP contribution in [0.1, 0.15) is 47.0 Å². The topological polar surface area (TPSA) is 75.8 Å². The van der Waals surface area contributed by atoms with Crippen molar-refractivity contribution in [1.29, 1.82) is 0 Å². The monoisotopic (exact) mass is 450 g/mol. The Labute approximate surface area is 183 Å². The molecule has 3 aromatic rings. The van der Waals surface area contributed by atoms with Gasteiger partial charge in [0, 0.05) is 24.8 Å². The highest BCUT2D eigenvalue weighted by molar-refractivity contribution is 5.88. The molecule has 0 amide bonds. The smallest absolute Gasteiger partial charge is 0.453 e. The summed E-state index contributed by atoms with van der Waals surface area (Å²) in [5.41, 5.74) is 2.81. The molecule has 2 aromatic carbocycles. The van der Waals surface area contributed by atoms with Gasteiger partial charge in [0.2, 0.25) is 5.76 Å². The van der Waals surface area contributed by atoms with Crippen molar-refractivity contribution in [2.24, 2.45) is 0 Å². The van der Waals surface area contributed by atoms with E-state index in [1.807, 2.05) is 25.8 Å². The number of carboxylic acid groups (broad SMARTS) is 1. The Morgan fingerprint density at radius 3 is 2.62 bits per heavy atom. The van der Waals surface area contributed by atoms with Gasteiger partial charge in [-0.25, -0.2) is 4.79 Å². The summed E-state index contributed by atoms with van der Waals surface area (Å²) < 4.78 is 49.9. The van der Waals surface area contributed by atoms with Crippen LogP contribution in [0.25, 0.3) is 10.9 Å². The zero-order chi connectivity index (χ0) is 23.5.